The van der Waals surface area contributed by atoms with Gasteiger partial charge in [0.25, 0.3) is 0 Å². The Balaban J connectivity index is 1.54. The molecular formula is C24H20N2O5S. The average Bonchev–Trinajstić information content (AvgIpc) is 2.78. The van der Waals surface area contributed by atoms with E-state index < -0.39 is 5.97 Å². The van der Waals surface area contributed by atoms with Gasteiger partial charge in [0.05, 0.1) is 5.75 Å². The summed E-state index contributed by atoms with van der Waals surface area (Å²) in [7, 11) is 0. The second kappa shape index (κ2) is 10.8. The first-order valence-electron chi connectivity index (χ1n) is 9.54. The Morgan fingerprint density at radius 3 is 2.38 bits per heavy atom. The minimum absolute atomic E-state index is 0.0780. The molecule has 3 rings (SSSR count). The first kappa shape index (κ1) is 22.6. The molecule has 7 nitrogen and oxygen atoms in total. The van der Waals surface area contributed by atoms with Gasteiger partial charge in [-0.15, -0.1) is 11.8 Å². The van der Waals surface area contributed by atoms with Crippen molar-refractivity contribution in [3.63, 3.8) is 0 Å². The minimum atomic E-state index is -1.29. The fourth-order valence-corrected chi connectivity index (χ4v) is 3.47. The molecule has 0 fully saturated rings. The highest BCUT2D eigenvalue weighted by atomic mass is 32.2. The number of carboxylic acids is 1. The number of carbonyl (C=O) groups excluding carboxylic acids is 2. The number of carboxylic acid groups (broad SMARTS) is 1. The van der Waals surface area contributed by atoms with E-state index in [2.05, 4.69) is 10.6 Å². The van der Waals surface area contributed by atoms with Gasteiger partial charge in [-0.05, 0) is 48.0 Å². The van der Waals surface area contributed by atoms with E-state index in [0.717, 1.165) is 10.5 Å². The van der Waals surface area contributed by atoms with Crippen molar-refractivity contribution in [3.05, 3.63) is 90.0 Å². The van der Waals surface area contributed by atoms with Gasteiger partial charge in [0.2, 0.25) is 11.8 Å². The van der Waals surface area contributed by atoms with Crippen LogP contribution in [0.4, 0.5) is 11.4 Å². The lowest BCUT2D eigenvalue weighted by atomic mass is 10.2. The van der Waals surface area contributed by atoms with Crippen LogP contribution < -0.4 is 10.6 Å². The SMILES string of the molecule is O=C(/C=C/c1ccccc1)Nc1cccc(SCC(=O)Nc2ccc(O)c(C(=O)O)c2)c1. The van der Waals surface area contributed by atoms with Gasteiger partial charge in [0, 0.05) is 22.3 Å². The molecule has 0 saturated heterocycles. The zero-order chi connectivity index (χ0) is 22.9. The Morgan fingerprint density at radius 1 is 0.875 bits per heavy atom. The molecule has 0 aliphatic rings. The van der Waals surface area contributed by atoms with Crippen molar-refractivity contribution in [1.29, 1.82) is 0 Å². The van der Waals surface area contributed by atoms with Crippen LogP contribution in [0.25, 0.3) is 6.08 Å². The standard InChI is InChI=1S/C24H20N2O5S/c27-21-11-10-18(14-20(21)24(30)31)26-23(29)15-32-19-8-4-7-17(13-19)25-22(28)12-9-16-5-2-1-3-6-16/h1-14,27H,15H2,(H,25,28)(H,26,29)(H,30,31)/b12-9+. The van der Waals surface area contributed by atoms with Crippen molar-refractivity contribution in [1.82, 2.24) is 0 Å². The smallest absolute Gasteiger partial charge is 0.339 e. The number of aromatic carboxylic acids is 1. The zero-order valence-electron chi connectivity index (χ0n) is 16.8. The van der Waals surface area contributed by atoms with Gasteiger partial charge in [-0.1, -0.05) is 36.4 Å². The van der Waals surface area contributed by atoms with Crippen molar-refractivity contribution in [2.45, 2.75) is 4.90 Å². The van der Waals surface area contributed by atoms with E-state index in [9.17, 15) is 19.5 Å². The number of rotatable bonds is 8. The summed E-state index contributed by atoms with van der Waals surface area (Å²) < 4.78 is 0. The second-order valence-electron chi connectivity index (χ2n) is 6.64. The van der Waals surface area contributed by atoms with E-state index in [4.69, 9.17) is 5.11 Å². The summed E-state index contributed by atoms with van der Waals surface area (Å²) in [6.07, 6.45) is 3.17. The summed E-state index contributed by atoms with van der Waals surface area (Å²) in [4.78, 5) is 36.2. The van der Waals surface area contributed by atoms with E-state index in [1.54, 1.807) is 24.3 Å². The first-order chi connectivity index (χ1) is 15.4. The molecule has 0 spiro atoms. The quantitative estimate of drug-likeness (QED) is 0.230. The largest absolute Gasteiger partial charge is 0.507 e. The Morgan fingerprint density at radius 2 is 1.62 bits per heavy atom. The molecular weight excluding hydrogens is 428 g/mol. The van der Waals surface area contributed by atoms with Gasteiger partial charge in [0.15, 0.2) is 0 Å². The molecule has 0 aliphatic carbocycles. The monoisotopic (exact) mass is 448 g/mol. The van der Waals surface area contributed by atoms with Gasteiger partial charge < -0.3 is 20.8 Å². The molecule has 0 saturated carbocycles. The van der Waals surface area contributed by atoms with Crippen molar-refractivity contribution < 1.29 is 24.6 Å². The zero-order valence-corrected chi connectivity index (χ0v) is 17.6. The van der Waals surface area contributed by atoms with Gasteiger partial charge in [-0.3, -0.25) is 9.59 Å². The van der Waals surface area contributed by atoms with E-state index in [0.29, 0.717) is 5.69 Å². The number of nitrogens with one attached hydrogen (secondary N) is 2. The fourth-order valence-electron chi connectivity index (χ4n) is 2.71. The molecule has 0 aromatic heterocycles. The number of amides is 2. The highest BCUT2D eigenvalue weighted by Crippen LogP contribution is 2.24. The summed E-state index contributed by atoms with van der Waals surface area (Å²) in [5.74, 6) is -2.19. The lowest BCUT2D eigenvalue weighted by Crippen LogP contribution is -2.14. The molecule has 3 aromatic rings. The van der Waals surface area contributed by atoms with Crippen LogP contribution in [0.1, 0.15) is 15.9 Å². The average molecular weight is 449 g/mol. The number of benzene rings is 3. The highest BCUT2D eigenvalue weighted by Gasteiger charge is 2.12. The molecule has 3 aromatic carbocycles. The summed E-state index contributed by atoms with van der Waals surface area (Å²) in [6, 6.07) is 20.4. The number of phenols is 1. The summed E-state index contributed by atoms with van der Waals surface area (Å²) in [5, 5.41) is 24.0. The van der Waals surface area contributed by atoms with E-state index >= 15 is 0 Å². The first-order valence-corrected chi connectivity index (χ1v) is 10.5. The highest BCUT2D eigenvalue weighted by molar-refractivity contribution is 8.00. The number of thioether (sulfide) groups is 1. The maximum Gasteiger partial charge on any atom is 0.339 e. The van der Waals surface area contributed by atoms with Crippen LogP contribution in [0.3, 0.4) is 0 Å². The van der Waals surface area contributed by atoms with Crippen LogP contribution in [-0.2, 0) is 9.59 Å². The number of carbonyl (C=O) groups is 3. The Labute approximate surface area is 188 Å². The van der Waals surface area contributed by atoms with Gasteiger partial charge in [-0.25, -0.2) is 4.79 Å². The summed E-state index contributed by atoms with van der Waals surface area (Å²) in [6.45, 7) is 0. The Bertz CT molecular complexity index is 1160. The molecule has 0 unspecified atom stereocenters. The minimum Gasteiger partial charge on any atom is -0.507 e. The number of hydrogen-bond donors (Lipinski definition) is 4. The molecule has 0 aliphatic heterocycles. The molecule has 32 heavy (non-hydrogen) atoms. The molecule has 0 atom stereocenters. The summed E-state index contributed by atoms with van der Waals surface area (Å²) in [5.41, 5.74) is 1.50. The molecule has 0 heterocycles. The molecule has 0 bridgehead atoms. The number of aromatic hydroxyl groups is 1. The van der Waals surface area contributed by atoms with Crippen LogP contribution in [-0.4, -0.2) is 33.7 Å². The van der Waals surface area contributed by atoms with Crippen molar-refractivity contribution >= 4 is 47.0 Å². The third-order valence-corrected chi connectivity index (χ3v) is 5.20. The van der Waals surface area contributed by atoms with E-state index in [1.165, 1.54) is 36.0 Å². The number of anilines is 2. The molecule has 2 amide bonds. The second-order valence-corrected chi connectivity index (χ2v) is 7.68. The fraction of sp³-hybridized carbons (Fsp3) is 0.0417. The molecule has 8 heteroatoms. The Kier molecular flexibility index (Phi) is 7.66. The van der Waals surface area contributed by atoms with Crippen LogP contribution in [0.15, 0.2) is 83.8 Å². The molecule has 4 N–H and O–H groups in total. The topological polar surface area (TPSA) is 116 Å². The van der Waals surface area contributed by atoms with Crippen LogP contribution in [0.5, 0.6) is 5.75 Å². The van der Waals surface area contributed by atoms with Gasteiger partial charge in [-0.2, -0.15) is 0 Å². The lowest BCUT2D eigenvalue weighted by molar-refractivity contribution is -0.114. The normalized spacial score (nSPS) is 10.6. The number of hydrogen-bond acceptors (Lipinski definition) is 5. The van der Waals surface area contributed by atoms with Gasteiger partial charge in [0.1, 0.15) is 11.3 Å². The van der Waals surface area contributed by atoms with Crippen molar-refractivity contribution in [3.8, 4) is 5.75 Å². The van der Waals surface area contributed by atoms with Crippen molar-refractivity contribution in [2.24, 2.45) is 0 Å². The van der Waals surface area contributed by atoms with Crippen LogP contribution >= 0.6 is 11.8 Å². The molecule has 162 valence electrons. The molecule has 0 radical (unpaired) electrons. The van der Waals surface area contributed by atoms with E-state index in [-0.39, 0.29) is 34.6 Å². The van der Waals surface area contributed by atoms with Crippen LogP contribution in [0.2, 0.25) is 0 Å². The summed E-state index contributed by atoms with van der Waals surface area (Å²) >= 11 is 1.27. The third kappa shape index (κ3) is 6.75. The predicted octanol–water partition coefficient (Wildman–Crippen LogP) is 4.47. The Hall–Kier alpha value is -4.04. The van der Waals surface area contributed by atoms with E-state index in [1.807, 2.05) is 36.4 Å². The maximum absolute atomic E-state index is 12.2. The van der Waals surface area contributed by atoms with Crippen LogP contribution in [0, 0.1) is 0 Å². The third-order valence-electron chi connectivity index (χ3n) is 4.21. The van der Waals surface area contributed by atoms with Crippen molar-refractivity contribution in [2.75, 3.05) is 16.4 Å². The predicted molar refractivity (Wildman–Crippen MR) is 125 cm³/mol. The maximum atomic E-state index is 12.2. The van der Waals surface area contributed by atoms with Gasteiger partial charge >= 0.3 is 5.97 Å². The lowest BCUT2D eigenvalue weighted by Gasteiger charge is -2.08.